The van der Waals surface area contributed by atoms with E-state index in [1.165, 1.54) is 18.2 Å². The summed E-state index contributed by atoms with van der Waals surface area (Å²) in [6.45, 7) is 4.54. The third-order valence-electron chi connectivity index (χ3n) is 4.97. The SMILES string of the molecule is CC(C)(C)N1C(=O)N=C(Nc2cccc(C(F)(F)F)c2)N(Cc2cccc(C(F)(F)F)c2)C1O. The molecule has 2 N–H and O–H groups in total. The van der Waals surface area contributed by atoms with Crippen molar-refractivity contribution in [1.82, 2.24) is 9.80 Å². The zero-order valence-corrected chi connectivity index (χ0v) is 18.4. The lowest BCUT2D eigenvalue weighted by Crippen LogP contribution is -2.63. The number of carbonyl (C=O) groups is 1. The van der Waals surface area contributed by atoms with Gasteiger partial charge in [0.15, 0.2) is 0 Å². The summed E-state index contributed by atoms with van der Waals surface area (Å²) in [5, 5.41) is 13.6. The highest BCUT2D eigenvalue weighted by Crippen LogP contribution is 2.32. The molecule has 0 bridgehead atoms. The van der Waals surface area contributed by atoms with E-state index in [1.807, 2.05) is 0 Å². The summed E-state index contributed by atoms with van der Waals surface area (Å²) in [6, 6.07) is 7.57. The first-order chi connectivity index (χ1) is 15.6. The maximum Gasteiger partial charge on any atom is 0.416 e. The molecular formula is C22H22F6N4O2. The number of aliphatic imine (C=N–C) groups is 1. The maximum atomic E-state index is 13.1. The summed E-state index contributed by atoms with van der Waals surface area (Å²) in [4.78, 5) is 18.6. The minimum absolute atomic E-state index is 0.0770. The number of alkyl halides is 6. The van der Waals surface area contributed by atoms with E-state index >= 15 is 0 Å². The zero-order valence-electron chi connectivity index (χ0n) is 18.4. The van der Waals surface area contributed by atoms with Crippen molar-refractivity contribution < 1.29 is 36.2 Å². The van der Waals surface area contributed by atoms with Gasteiger partial charge in [-0.3, -0.25) is 9.80 Å². The van der Waals surface area contributed by atoms with Crippen LogP contribution in [-0.4, -0.2) is 38.8 Å². The van der Waals surface area contributed by atoms with Crippen LogP contribution in [0.15, 0.2) is 53.5 Å². The number of hydrogen-bond acceptors (Lipinski definition) is 4. The number of carbonyl (C=O) groups excluding carboxylic acids is 1. The lowest BCUT2D eigenvalue weighted by molar-refractivity contribution is -0.138. The van der Waals surface area contributed by atoms with E-state index in [0.29, 0.717) is 0 Å². The van der Waals surface area contributed by atoms with Crippen molar-refractivity contribution in [3.05, 3.63) is 65.2 Å². The fourth-order valence-corrected chi connectivity index (χ4v) is 3.39. The molecule has 1 heterocycles. The van der Waals surface area contributed by atoms with Crippen LogP contribution >= 0.6 is 0 Å². The van der Waals surface area contributed by atoms with Crippen LogP contribution in [0.5, 0.6) is 0 Å². The van der Waals surface area contributed by atoms with Crippen LogP contribution < -0.4 is 5.32 Å². The number of anilines is 1. The Hall–Kier alpha value is -3.28. The van der Waals surface area contributed by atoms with Crippen molar-refractivity contribution in [3.8, 4) is 0 Å². The summed E-state index contributed by atoms with van der Waals surface area (Å²) in [5.41, 5.74) is -2.73. The number of aliphatic hydroxyl groups is 1. The predicted molar refractivity (Wildman–Crippen MR) is 112 cm³/mol. The van der Waals surface area contributed by atoms with E-state index in [9.17, 15) is 36.2 Å². The first-order valence-electron chi connectivity index (χ1n) is 10.0. The second-order valence-electron chi connectivity index (χ2n) is 8.63. The standard InChI is InChI=1S/C22H22F6N4O2/c1-20(2,3)32-18(33)30-17(29-16-9-5-8-15(11-16)22(26,27)28)31(19(32)34)12-13-6-4-7-14(10-13)21(23,24)25/h4-11,19,34H,12H2,1-3H3,(H,29,30,33). The molecule has 1 aliphatic heterocycles. The summed E-state index contributed by atoms with van der Waals surface area (Å²) in [7, 11) is 0. The number of aliphatic hydroxyl groups excluding tert-OH is 1. The fourth-order valence-electron chi connectivity index (χ4n) is 3.39. The lowest BCUT2D eigenvalue weighted by atomic mass is 10.1. The third kappa shape index (κ3) is 5.61. The monoisotopic (exact) mass is 488 g/mol. The topological polar surface area (TPSA) is 68.2 Å². The fraction of sp³-hybridized carbons (Fsp3) is 0.364. The molecule has 0 aromatic heterocycles. The molecule has 12 heteroatoms. The van der Waals surface area contributed by atoms with E-state index in [4.69, 9.17) is 0 Å². The molecule has 3 rings (SSSR count). The van der Waals surface area contributed by atoms with Crippen LogP contribution in [0.25, 0.3) is 0 Å². The van der Waals surface area contributed by atoms with Gasteiger partial charge < -0.3 is 10.4 Å². The first kappa shape index (κ1) is 25.3. The van der Waals surface area contributed by atoms with Gasteiger partial charge in [-0.25, -0.2) is 4.79 Å². The second kappa shape index (κ2) is 8.82. The molecule has 2 aromatic carbocycles. The highest BCUT2D eigenvalue weighted by atomic mass is 19.4. The number of rotatable bonds is 3. The van der Waals surface area contributed by atoms with Crippen molar-refractivity contribution in [3.63, 3.8) is 0 Å². The summed E-state index contributed by atoms with van der Waals surface area (Å²) >= 11 is 0. The normalized spacial score (nSPS) is 17.6. The lowest BCUT2D eigenvalue weighted by Gasteiger charge is -2.46. The number of halogens is 6. The van der Waals surface area contributed by atoms with Crippen molar-refractivity contribution in [2.24, 2.45) is 4.99 Å². The van der Waals surface area contributed by atoms with Crippen molar-refractivity contribution in [1.29, 1.82) is 0 Å². The molecule has 1 unspecified atom stereocenters. The van der Waals surface area contributed by atoms with Gasteiger partial charge in [-0.1, -0.05) is 18.2 Å². The molecule has 2 aromatic rings. The highest BCUT2D eigenvalue weighted by Gasteiger charge is 2.41. The van der Waals surface area contributed by atoms with Crippen molar-refractivity contribution >= 4 is 17.7 Å². The molecular weight excluding hydrogens is 466 g/mol. The van der Waals surface area contributed by atoms with Gasteiger partial charge in [-0.2, -0.15) is 31.3 Å². The van der Waals surface area contributed by atoms with Gasteiger partial charge in [0.1, 0.15) is 0 Å². The van der Waals surface area contributed by atoms with Crippen LogP contribution in [0.2, 0.25) is 0 Å². The number of urea groups is 1. The molecule has 0 spiro atoms. The van der Waals surface area contributed by atoms with Crippen molar-refractivity contribution in [2.75, 3.05) is 5.32 Å². The van der Waals surface area contributed by atoms with E-state index in [2.05, 4.69) is 10.3 Å². The minimum Gasteiger partial charge on any atom is -0.356 e. The summed E-state index contributed by atoms with van der Waals surface area (Å²) in [5.74, 6) is -0.310. The van der Waals surface area contributed by atoms with Crippen molar-refractivity contribution in [2.45, 2.75) is 51.6 Å². The molecule has 1 atom stereocenters. The van der Waals surface area contributed by atoms with Crippen LogP contribution in [0.1, 0.15) is 37.5 Å². The van der Waals surface area contributed by atoms with Crippen LogP contribution in [-0.2, 0) is 18.9 Å². The molecule has 1 aliphatic rings. The largest absolute Gasteiger partial charge is 0.416 e. The summed E-state index contributed by atoms with van der Waals surface area (Å²) in [6.07, 6.45) is -10.9. The molecule has 0 saturated heterocycles. The van der Waals surface area contributed by atoms with Gasteiger partial charge in [0.2, 0.25) is 12.3 Å². The van der Waals surface area contributed by atoms with E-state index in [0.717, 1.165) is 40.1 Å². The Morgan fingerprint density at radius 3 is 2.06 bits per heavy atom. The second-order valence-corrected chi connectivity index (χ2v) is 8.63. The van der Waals surface area contributed by atoms with E-state index in [1.54, 1.807) is 20.8 Å². The molecule has 0 saturated carbocycles. The number of nitrogens with zero attached hydrogens (tertiary/aromatic N) is 3. The van der Waals surface area contributed by atoms with E-state index < -0.39 is 41.4 Å². The van der Waals surface area contributed by atoms with Crippen LogP contribution in [0.3, 0.4) is 0 Å². The number of nitrogens with one attached hydrogen (secondary N) is 1. The minimum atomic E-state index is -4.62. The predicted octanol–water partition coefficient (Wildman–Crippen LogP) is 5.50. The average molecular weight is 488 g/mol. The Morgan fingerprint density at radius 1 is 0.941 bits per heavy atom. The maximum absolute atomic E-state index is 13.1. The molecule has 0 fully saturated rings. The average Bonchev–Trinajstić information content (AvgIpc) is 2.69. The van der Waals surface area contributed by atoms with Crippen LogP contribution in [0, 0.1) is 0 Å². The third-order valence-corrected chi connectivity index (χ3v) is 4.97. The Bertz CT molecular complexity index is 1090. The zero-order chi connectivity index (χ0) is 25.5. The molecule has 0 radical (unpaired) electrons. The Balaban J connectivity index is 2.01. The van der Waals surface area contributed by atoms with Gasteiger partial charge in [-0.15, -0.1) is 0 Å². The Morgan fingerprint density at radius 2 is 1.50 bits per heavy atom. The number of benzene rings is 2. The Kier molecular flexibility index (Phi) is 6.57. The smallest absolute Gasteiger partial charge is 0.356 e. The van der Waals surface area contributed by atoms with Gasteiger partial charge >= 0.3 is 18.4 Å². The molecule has 184 valence electrons. The molecule has 6 nitrogen and oxygen atoms in total. The summed E-state index contributed by atoms with van der Waals surface area (Å²) < 4.78 is 78.7. The van der Waals surface area contributed by atoms with Gasteiger partial charge in [0.05, 0.1) is 17.7 Å². The van der Waals surface area contributed by atoms with Gasteiger partial charge in [0.25, 0.3) is 0 Å². The van der Waals surface area contributed by atoms with E-state index in [-0.39, 0.29) is 23.8 Å². The highest BCUT2D eigenvalue weighted by molar-refractivity contribution is 6.02. The molecule has 34 heavy (non-hydrogen) atoms. The molecule has 2 amide bonds. The molecule has 0 aliphatic carbocycles. The van der Waals surface area contributed by atoms with Gasteiger partial charge in [-0.05, 0) is 56.7 Å². The first-order valence-corrected chi connectivity index (χ1v) is 10.0. The van der Waals surface area contributed by atoms with Gasteiger partial charge in [0, 0.05) is 11.2 Å². The number of guanidine groups is 1. The van der Waals surface area contributed by atoms with Crippen LogP contribution in [0.4, 0.5) is 36.8 Å². The number of amides is 2. The Labute approximate surface area is 191 Å². The quantitative estimate of drug-likeness (QED) is 0.560. The number of hydrogen-bond donors (Lipinski definition) is 2.